The third-order valence-electron chi connectivity index (χ3n) is 0.800. The van der Waals surface area contributed by atoms with E-state index in [-0.39, 0.29) is 11.3 Å². The second kappa shape index (κ2) is 2.86. The highest BCUT2D eigenvalue weighted by atomic mass is 16.4. The van der Waals surface area contributed by atoms with Crippen LogP contribution in [0.5, 0.6) is 0 Å². The van der Waals surface area contributed by atoms with E-state index in [0.717, 1.165) is 6.21 Å². The fourth-order valence-electron chi connectivity index (χ4n) is 0.344. The first-order chi connectivity index (χ1) is 4.09. The molecule has 0 rings (SSSR count). The van der Waals surface area contributed by atoms with Crippen molar-refractivity contribution >= 4 is 12.2 Å². The Morgan fingerprint density at radius 2 is 2.22 bits per heavy atom. The third kappa shape index (κ3) is 1.94. The van der Waals surface area contributed by atoms with E-state index in [4.69, 9.17) is 16.2 Å². The molecule has 0 saturated heterocycles. The minimum absolute atomic E-state index is 0.150. The van der Waals surface area contributed by atoms with Crippen LogP contribution in [0.3, 0.4) is 0 Å². The molecule has 4 heteroatoms. The summed E-state index contributed by atoms with van der Waals surface area (Å²) in [7, 11) is 0. The summed E-state index contributed by atoms with van der Waals surface area (Å²) in [5.74, 6) is -1.16. The molecule has 0 amide bonds. The Labute approximate surface area is 52.5 Å². The van der Waals surface area contributed by atoms with Crippen molar-refractivity contribution in [1.82, 2.24) is 0 Å². The van der Waals surface area contributed by atoms with Gasteiger partial charge in [-0.05, 0) is 6.92 Å². The van der Waals surface area contributed by atoms with E-state index in [0.29, 0.717) is 0 Å². The van der Waals surface area contributed by atoms with Crippen LogP contribution < -0.4 is 5.73 Å². The van der Waals surface area contributed by atoms with Crippen LogP contribution in [-0.2, 0) is 4.79 Å². The third-order valence-corrected chi connectivity index (χ3v) is 0.800. The molecule has 0 spiro atoms. The Kier molecular flexibility index (Phi) is 2.44. The van der Waals surface area contributed by atoms with Gasteiger partial charge in [0.2, 0.25) is 0 Å². The molecule has 0 fully saturated rings. The van der Waals surface area contributed by atoms with E-state index in [9.17, 15) is 4.79 Å². The molecule has 0 heterocycles. The SMILES string of the molecule is C/C(N)=C(/C=N)C(=O)O. The molecule has 0 aromatic carbocycles. The predicted molar refractivity (Wildman–Crippen MR) is 33.3 cm³/mol. The lowest BCUT2D eigenvalue weighted by atomic mass is 10.2. The van der Waals surface area contributed by atoms with Gasteiger partial charge in [-0.2, -0.15) is 0 Å². The highest BCUT2D eigenvalue weighted by Crippen LogP contribution is 1.92. The first-order valence-corrected chi connectivity index (χ1v) is 2.29. The second-order valence-electron chi connectivity index (χ2n) is 1.55. The van der Waals surface area contributed by atoms with Crippen LogP contribution in [0.2, 0.25) is 0 Å². The van der Waals surface area contributed by atoms with Gasteiger partial charge < -0.3 is 16.2 Å². The molecular formula is C5H8N2O2. The smallest absolute Gasteiger partial charge is 0.338 e. The van der Waals surface area contributed by atoms with Crippen LogP contribution in [0.15, 0.2) is 11.3 Å². The summed E-state index contributed by atoms with van der Waals surface area (Å²) in [6, 6.07) is 0. The average Bonchev–Trinajstić information content (AvgIpc) is 1.64. The normalized spacial score (nSPS) is 12.1. The van der Waals surface area contributed by atoms with Crippen molar-refractivity contribution in [2.75, 3.05) is 0 Å². The van der Waals surface area contributed by atoms with E-state index in [1.54, 1.807) is 0 Å². The molecule has 4 N–H and O–H groups in total. The zero-order chi connectivity index (χ0) is 7.44. The summed E-state index contributed by atoms with van der Waals surface area (Å²) in [5.41, 5.74) is 5.09. The monoisotopic (exact) mass is 128 g/mol. The molecule has 50 valence electrons. The van der Waals surface area contributed by atoms with Gasteiger partial charge in [0.15, 0.2) is 0 Å². The number of carboxylic acids is 1. The fraction of sp³-hybridized carbons (Fsp3) is 0.200. The van der Waals surface area contributed by atoms with Gasteiger partial charge in [0.05, 0.1) is 5.57 Å². The Balaban J connectivity index is 4.55. The first-order valence-electron chi connectivity index (χ1n) is 2.29. The molecule has 0 atom stereocenters. The minimum atomic E-state index is -1.16. The van der Waals surface area contributed by atoms with Crippen molar-refractivity contribution in [3.05, 3.63) is 11.3 Å². The summed E-state index contributed by atoms with van der Waals surface area (Å²) in [5, 5.41) is 14.8. The standard InChI is InChI=1S/C5H8N2O2/c1-3(7)4(2-6)5(8)9/h2,6H,7H2,1H3,(H,8,9)/b4-3+,6-2?. The Morgan fingerprint density at radius 3 is 2.22 bits per heavy atom. The van der Waals surface area contributed by atoms with E-state index in [1.165, 1.54) is 6.92 Å². The van der Waals surface area contributed by atoms with Crippen molar-refractivity contribution in [3.63, 3.8) is 0 Å². The molecule has 0 radical (unpaired) electrons. The quantitative estimate of drug-likeness (QED) is 0.360. The largest absolute Gasteiger partial charge is 0.478 e. The van der Waals surface area contributed by atoms with Crippen LogP contribution in [0, 0.1) is 5.41 Å². The Morgan fingerprint density at radius 1 is 1.78 bits per heavy atom. The number of nitrogens with one attached hydrogen (secondary N) is 1. The lowest BCUT2D eigenvalue weighted by Crippen LogP contribution is -2.08. The summed E-state index contributed by atoms with van der Waals surface area (Å²) >= 11 is 0. The number of carboxylic acid groups (broad SMARTS) is 1. The number of carbonyl (C=O) groups is 1. The molecule has 4 nitrogen and oxygen atoms in total. The number of aliphatic carboxylic acids is 1. The first kappa shape index (κ1) is 7.68. The molecular weight excluding hydrogens is 120 g/mol. The van der Waals surface area contributed by atoms with Crippen LogP contribution in [0.25, 0.3) is 0 Å². The molecule has 0 aromatic heterocycles. The maximum Gasteiger partial charge on any atom is 0.338 e. The van der Waals surface area contributed by atoms with E-state index < -0.39 is 5.97 Å². The van der Waals surface area contributed by atoms with E-state index in [2.05, 4.69) is 0 Å². The summed E-state index contributed by atoms with van der Waals surface area (Å²) < 4.78 is 0. The molecule has 0 aliphatic rings. The molecule has 0 aliphatic heterocycles. The highest BCUT2D eigenvalue weighted by Gasteiger charge is 2.04. The molecule has 0 aromatic rings. The molecule has 0 bridgehead atoms. The van der Waals surface area contributed by atoms with Gasteiger partial charge in [-0.1, -0.05) is 0 Å². The summed E-state index contributed by atoms with van der Waals surface area (Å²) in [6.07, 6.45) is 0.720. The van der Waals surface area contributed by atoms with Crippen molar-refractivity contribution in [3.8, 4) is 0 Å². The van der Waals surface area contributed by atoms with Crippen LogP contribution in [0.1, 0.15) is 6.92 Å². The van der Waals surface area contributed by atoms with Crippen LogP contribution in [0.4, 0.5) is 0 Å². The van der Waals surface area contributed by atoms with Gasteiger partial charge in [-0.15, -0.1) is 0 Å². The number of allylic oxidation sites excluding steroid dienone is 1. The maximum absolute atomic E-state index is 10.1. The van der Waals surface area contributed by atoms with Gasteiger partial charge in [-0.25, -0.2) is 4.79 Å². The zero-order valence-electron chi connectivity index (χ0n) is 5.01. The molecule has 0 aliphatic carbocycles. The molecule has 0 saturated carbocycles. The predicted octanol–water partition coefficient (Wildman–Crippen LogP) is -0.0467. The zero-order valence-corrected chi connectivity index (χ0v) is 5.01. The van der Waals surface area contributed by atoms with Gasteiger partial charge >= 0.3 is 5.97 Å². The van der Waals surface area contributed by atoms with E-state index in [1.807, 2.05) is 0 Å². The minimum Gasteiger partial charge on any atom is -0.478 e. The highest BCUT2D eigenvalue weighted by molar-refractivity contribution is 6.08. The number of rotatable bonds is 2. The topological polar surface area (TPSA) is 87.2 Å². The Bertz CT molecular complexity index is 168. The number of hydrogen-bond acceptors (Lipinski definition) is 3. The van der Waals surface area contributed by atoms with Crippen LogP contribution >= 0.6 is 0 Å². The van der Waals surface area contributed by atoms with Gasteiger partial charge in [-0.3, -0.25) is 0 Å². The van der Waals surface area contributed by atoms with Gasteiger partial charge in [0, 0.05) is 11.9 Å². The average molecular weight is 128 g/mol. The maximum atomic E-state index is 10.1. The van der Waals surface area contributed by atoms with Crippen molar-refractivity contribution in [1.29, 1.82) is 5.41 Å². The Hall–Kier alpha value is -1.32. The fourth-order valence-corrected chi connectivity index (χ4v) is 0.344. The summed E-state index contributed by atoms with van der Waals surface area (Å²) in [4.78, 5) is 10.1. The van der Waals surface area contributed by atoms with Gasteiger partial charge in [0.25, 0.3) is 0 Å². The van der Waals surface area contributed by atoms with Crippen LogP contribution in [-0.4, -0.2) is 17.3 Å². The molecule has 9 heavy (non-hydrogen) atoms. The number of hydrogen-bond donors (Lipinski definition) is 3. The van der Waals surface area contributed by atoms with Gasteiger partial charge in [0.1, 0.15) is 0 Å². The second-order valence-corrected chi connectivity index (χ2v) is 1.55. The lowest BCUT2D eigenvalue weighted by Gasteiger charge is -1.93. The lowest BCUT2D eigenvalue weighted by molar-refractivity contribution is -0.132. The number of nitrogens with two attached hydrogens (primary N) is 1. The van der Waals surface area contributed by atoms with Crippen molar-refractivity contribution in [2.24, 2.45) is 5.73 Å². The summed E-state index contributed by atoms with van der Waals surface area (Å²) in [6.45, 7) is 1.44. The van der Waals surface area contributed by atoms with Crippen molar-refractivity contribution in [2.45, 2.75) is 6.92 Å². The van der Waals surface area contributed by atoms with Crippen molar-refractivity contribution < 1.29 is 9.90 Å². The van der Waals surface area contributed by atoms with E-state index >= 15 is 0 Å². The molecule has 0 unspecified atom stereocenters.